The van der Waals surface area contributed by atoms with Crippen LogP contribution >= 0.6 is 11.6 Å². The van der Waals surface area contributed by atoms with E-state index in [0.717, 1.165) is 17.7 Å². The average Bonchev–Trinajstić information content (AvgIpc) is 3.15. The number of carboxylic acid groups (broad SMARTS) is 1. The molecule has 1 heterocycles. The van der Waals surface area contributed by atoms with Gasteiger partial charge in [-0.3, -0.25) is 4.79 Å². The number of nitrogens with zero attached hydrogens (tertiary/aromatic N) is 2. The van der Waals surface area contributed by atoms with E-state index in [0.29, 0.717) is 18.7 Å². The van der Waals surface area contributed by atoms with Crippen molar-refractivity contribution in [2.75, 3.05) is 6.54 Å². The zero-order chi connectivity index (χ0) is 21.0. The zero-order valence-electron chi connectivity index (χ0n) is 14.8. The van der Waals surface area contributed by atoms with Crippen LogP contribution in [0.1, 0.15) is 17.5 Å². The van der Waals surface area contributed by atoms with Crippen molar-refractivity contribution in [2.24, 2.45) is 0 Å². The molecule has 0 aliphatic heterocycles. The molecule has 0 atom stereocenters. The highest BCUT2D eigenvalue weighted by Gasteiger charge is 2.33. The molecule has 0 bridgehead atoms. The number of aliphatic carboxylic acids is 1. The molecule has 1 aromatic heterocycles. The molecule has 2 aromatic carbocycles. The zero-order valence-corrected chi connectivity index (χ0v) is 15.6. The van der Waals surface area contributed by atoms with Crippen molar-refractivity contribution < 1.29 is 27.6 Å². The Morgan fingerprint density at radius 3 is 2.48 bits per heavy atom. The van der Waals surface area contributed by atoms with Crippen LogP contribution in [0.4, 0.5) is 13.2 Å². The van der Waals surface area contributed by atoms with Crippen molar-refractivity contribution in [1.29, 1.82) is 0 Å². The molecule has 0 aliphatic rings. The molecule has 2 N–H and O–H groups in total. The fourth-order valence-electron chi connectivity index (χ4n) is 2.53. The van der Waals surface area contributed by atoms with Crippen molar-refractivity contribution in [3.05, 3.63) is 58.6 Å². The Balaban J connectivity index is 1.72. The van der Waals surface area contributed by atoms with Crippen LogP contribution in [0.25, 0.3) is 22.8 Å². The molecule has 10 heteroatoms. The van der Waals surface area contributed by atoms with Crippen LogP contribution in [-0.4, -0.2) is 27.8 Å². The summed E-state index contributed by atoms with van der Waals surface area (Å²) in [6.07, 6.45) is -4.56. The predicted molar refractivity (Wildman–Crippen MR) is 99.1 cm³/mol. The highest BCUT2D eigenvalue weighted by Crippen LogP contribution is 2.37. The highest BCUT2D eigenvalue weighted by atomic mass is 35.5. The Morgan fingerprint density at radius 2 is 1.83 bits per heavy atom. The topological polar surface area (TPSA) is 88.2 Å². The molecule has 0 saturated carbocycles. The second-order valence-electron chi connectivity index (χ2n) is 6.13. The normalized spacial score (nSPS) is 11.6. The van der Waals surface area contributed by atoms with Gasteiger partial charge in [-0.1, -0.05) is 41.0 Å². The first-order valence-corrected chi connectivity index (χ1v) is 8.84. The second-order valence-corrected chi connectivity index (χ2v) is 6.54. The number of rotatable bonds is 7. The Labute approximate surface area is 168 Å². The van der Waals surface area contributed by atoms with Crippen molar-refractivity contribution in [3.63, 3.8) is 0 Å². The van der Waals surface area contributed by atoms with Gasteiger partial charge in [-0.15, -0.1) is 0 Å². The fourth-order valence-corrected chi connectivity index (χ4v) is 2.76. The van der Waals surface area contributed by atoms with E-state index < -0.39 is 22.7 Å². The van der Waals surface area contributed by atoms with Gasteiger partial charge < -0.3 is 14.9 Å². The lowest BCUT2D eigenvalue weighted by molar-refractivity contribution is -0.138. The molecule has 0 spiro atoms. The predicted octanol–water partition coefficient (Wildman–Crippen LogP) is 4.64. The van der Waals surface area contributed by atoms with Gasteiger partial charge in [0.25, 0.3) is 5.89 Å². The van der Waals surface area contributed by atoms with E-state index in [1.54, 1.807) is 12.1 Å². The quantitative estimate of drug-likeness (QED) is 0.536. The van der Waals surface area contributed by atoms with Crippen LogP contribution in [0.2, 0.25) is 5.02 Å². The van der Waals surface area contributed by atoms with E-state index in [-0.39, 0.29) is 23.7 Å². The summed E-state index contributed by atoms with van der Waals surface area (Å²) in [7, 11) is 0. The second kappa shape index (κ2) is 8.62. The molecule has 0 saturated heterocycles. The van der Waals surface area contributed by atoms with Gasteiger partial charge in [-0.05, 0) is 23.8 Å². The summed E-state index contributed by atoms with van der Waals surface area (Å²) < 4.78 is 44.2. The lowest BCUT2D eigenvalue weighted by Crippen LogP contribution is -2.17. The van der Waals surface area contributed by atoms with Crippen molar-refractivity contribution in [3.8, 4) is 22.8 Å². The molecule has 29 heavy (non-hydrogen) atoms. The van der Waals surface area contributed by atoms with Crippen LogP contribution in [0.5, 0.6) is 0 Å². The van der Waals surface area contributed by atoms with Crippen LogP contribution in [-0.2, 0) is 17.5 Å². The third-order valence-corrected chi connectivity index (χ3v) is 4.33. The highest BCUT2D eigenvalue weighted by molar-refractivity contribution is 6.31. The molecular formula is C19H15ClF3N3O3. The lowest BCUT2D eigenvalue weighted by Gasteiger charge is -2.09. The Hall–Kier alpha value is -2.91. The maximum Gasteiger partial charge on any atom is 0.417 e. The van der Waals surface area contributed by atoms with Gasteiger partial charge >= 0.3 is 12.1 Å². The summed E-state index contributed by atoms with van der Waals surface area (Å²) in [4.78, 5) is 14.6. The number of hydrogen-bond donors (Lipinski definition) is 2. The fraction of sp³-hybridized carbons (Fsp3) is 0.211. The van der Waals surface area contributed by atoms with Gasteiger partial charge in [0.15, 0.2) is 0 Å². The Bertz CT molecular complexity index is 1000. The minimum atomic E-state index is -4.59. The summed E-state index contributed by atoms with van der Waals surface area (Å²) in [5.41, 5.74) is 0.686. The summed E-state index contributed by atoms with van der Waals surface area (Å²) in [6, 6.07) is 10.5. The van der Waals surface area contributed by atoms with Gasteiger partial charge in [-0.2, -0.15) is 18.2 Å². The van der Waals surface area contributed by atoms with Crippen molar-refractivity contribution in [2.45, 2.75) is 19.1 Å². The molecule has 152 valence electrons. The first kappa shape index (κ1) is 20.8. The summed E-state index contributed by atoms with van der Waals surface area (Å²) >= 11 is 5.62. The van der Waals surface area contributed by atoms with Crippen LogP contribution in [0.3, 0.4) is 0 Å². The van der Waals surface area contributed by atoms with Crippen LogP contribution in [0, 0.1) is 0 Å². The van der Waals surface area contributed by atoms with Crippen molar-refractivity contribution in [1.82, 2.24) is 15.5 Å². The molecule has 0 radical (unpaired) electrons. The minimum absolute atomic E-state index is 0.0322. The molecule has 6 nitrogen and oxygen atoms in total. The number of alkyl halides is 3. The standard InChI is InChI=1S/C19H15ClF3N3O3/c20-15-6-5-13(9-14(15)19(21,22)23)18-25-17(26-29-18)12-3-1-11(2-4-12)10-24-8-7-16(27)28/h1-6,9,24H,7-8,10H2,(H,27,28). The van der Waals surface area contributed by atoms with E-state index >= 15 is 0 Å². The third-order valence-electron chi connectivity index (χ3n) is 4.00. The Kier molecular flexibility index (Phi) is 6.19. The monoisotopic (exact) mass is 425 g/mol. The molecule has 0 aliphatic carbocycles. The first-order chi connectivity index (χ1) is 13.7. The number of aromatic nitrogens is 2. The van der Waals surface area contributed by atoms with E-state index in [1.165, 1.54) is 6.07 Å². The number of carbonyl (C=O) groups is 1. The van der Waals surface area contributed by atoms with E-state index in [4.69, 9.17) is 21.2 Å². The smallest absolute Gasteiger partial charge is 0.417 e. The molecule has 0 amide bonds. The number of halogens is 4. The number of hydrogen-bond acceptors (Lipinski definition) is 5. The number of benzene rings is 2. The molecular weight excluding hydrogens is 411 g/mol. The average molecular weight is 426 g/mol. The van der Waals surface area contributed by atoms with E-state index in [9.17, 15) is 18.0 Å². The number of carboxylic acids is 1. The van der Waals surface area contributed by atoms with Gasteiger partial charge in [0.05, 0.1) is 17.0 Å². The van der Waals surface area contributed by atoms with Gasteiger partial charge in [0, 0.05) is 24.2 Å². The van der Waals surface area contributed by atoms with E-state index in [1.807, 2.05) is 12.1 Å². The van der Waals surface area contributed by atoms with Gasteiger partial charge in [0.2, 0.25) is 5.82 Å². The maximum absolute atomic E-state index is 13.0. The summed E-state index contributed by atoms with van der Waals surface area (Å²) in [6.45, 7) is 0.850. The third kappa shape index (κ3) is 5.33. The Morgan fingerprint density at radius 1 is 1.14 bits per heavy atom. The van der Waals surface area contributed by atoms with Gasteiger partial charge in [0.1, 0.15) is 0 Å². The maximum atomic E-state index is 13.0. The molecule has 3 rings (SSSR count). The summed E-state index contributed by atoms with van der Waals surface area (Å²) in [5.74, 6) is -0.695. The van der Waals surface area contributed by atoms with E-state index in [2.05, 4.69) is 15.5 Å². The molecule has 3 aromatic rings. The van der Waals surface area contributed by atoms with Crippen LogP contribution in [0.15, 0.2) is 47.0 Å². The number of nitrogens with one attached hydrogen (secondary N) is 1. The minimum Gasteiger partial charge on any atom is -0.481 e. The molecule has 0 unspecified atom stereocenters. The summed E-state index contributed by atoms with van der Waals surface area (Å²) in [5, 5.41) is 15.0. The SMILES string of the molecule is O=C(O)CCNCc1ccc(-c2noc(-c3ccc(Cl)c(C(F)(F)F)c3)n2)cc1. The van der Waals surface area contributed by atoms with Crippen LogP contribution < -0.4 is 5.32 Å². The van der Waals surface area contributed by atoms with Crippen molar-refractivity contribution >= 4 is 17.6 Å². The first-order valence-electron chi connectivity index (χ1n) is 8.46. The van der Waals surface area contributed by atoms with Gasteiger partial charge in [-0.25, -0.2) is 0 Å². The largest absolute Gasteiger partial charge is 0.481 e. The lowest BCUT2D eigenvalue weighted by atomic mass is 10.1. The molecule has 0 fully saturated rings.